The third-order valence-corrected chi connectivity index (χ3v) is 9.25. The van der Waals surface area contributed by atoms with E-state index in [-0.39, 0.29) is 17.4 Å². The summed E-state index contributed by atoms with van der Waals surface area (Å²) in [6, 6.07) is 0.572. The lowest BCUT2D eigenvalue weighted by Gasteiger charge is -2.38. The molecule has 26 heavy (non-hydrogen) atoms. The monoisotopic (exact) mass is 497 g/mol. The molecule has 0 spiro atoms. The van der Waals surface area contributed by atoms with Gasteiger partial charge in [0.2, 0.25) is 0 Å². The molecule has 5 heteroatoms. The number of hydrogen-bond donors (Lipinski definition) is 2. The van der Waals surface area contributed by atoms with Crippen molar-refractivity contribution < 1.29 is 9.84 Å². The van der Waals surface area contributed by atoms with E-state index in [1.165, 1.54) is 38.6 Å². The van der Waals surface area contributed by atoms with Gasteiger partial charge < -0.3 is 15.2 Å². The molecule has 152 valence electrons. The molecule has 3 saturated carbocycles. The molecule has 0 aliphatic heterocycles. The standard InChI is InChI=1S/C21H37ClINO2/c1-14-9-10-16(26-13-17-18(22)6-4-8-21(17)25)11-20(14)24-12-15-5-2-3-7-19(15)23/h14-21,24-25H,2-13H2,1H3. The summed E-state index contributed by atoms with van der Waals surface area (Å²) < 4.78 is 7.11. The van der Waals surface area contributed by atoms with Crippen LogP contribution in [0.15, 0.2) is 0 Å². The molecule has 0 heterocycles. The van der Waals surface area contributed by atoms with Crippen LogP contribution in [0.2, 0.25) is 0 Å². The highest BCUT2D eigenvalue weighted by Gasteiger charge is 2.34. The molecule has 0 amide bonds. The minimum atomic E-state index is -0.283. The van der Waals surface area contributed by atoms with E-state index in [9.17, 15) is 5.11 Å². The largest absolute Gasteiger partial charge is 0.393 e. The average molecular weight is 498 g/mol. The van der Waals surface area contributed by atoms with Crippen LogP contribution < -0.4 is 5.32 Å². The predicted molar refractivity (Wildman–Crippen MR) is 117 cm³/mol. The number of nitrogens with one attached hydrogen (secondary N) is 1. The maximum Gasteiger partial charge on any atom is 0.0604 e. The van der Waals surface area contributed by atoms with E-state index in [1.54, 1.807) is 0 Å². The molecule has 0 radical (unpaired) electrons. The van der Waals surface area contributed by atoms with Crippen molar-refractivity contribution in [2.45, 2.75) is 98.7 Å². The van der Waals surface area contributed by atoms with Crippen LogP contribution in [-0.4, -0.2) is 45.8 Å². The lowest BCUT2D eigenvalue weighted by atomic mass is 9.82. The Hall–Kier alpha value is 0.900. The van der Waals surface area contributed by atoms with E-state index in [2.05, 4.69) is 34.8 Å². The fourth-order valence-electron chi connectivity index (χ4n) is 5.07. The molecule has 0 bridgehead atoms. The Morgan fingerprint density at radius 3 is 2.65 bits per heavy atom. The van der Waals surface area contributed by atoms with Crippen molar-refractivity contribution in [2.75, 3.05) is 13.2 Å². The van der Waals surface area contributed by atoms with Gasteiger partial charge in [-0.25, -0.2) is 0 Å². The van der Waals surface area contributed by atoms with E-state index < -0.39 is 0 Å². The molecule has 3 rings (SSSR count). The quantitative estimate of drug-likeness (QED) is 0.405. The molecule has 3 aliphatic rings. The minimum absolute atomic E-state index is 0.0714. The number of rotatable bonds is 6. The summed E-state index contributed by atoms with van der Waals surface area (Å²) in [7, 11) is 0. The first-order valence-corrected chi connectivity index (χ1v) is 12.5. The van der Waals surface area contributed by atoms with Crippen molar-refractivity contribution >= 4 is 34.2 Å². The Balaban J connectivity index is 1.43. The highest BCUT2D eigenvalue weighted by molar-refractivity contribution is 14.1. The molecular formula is C21H37ClINO2. The summed E-state index contributed by atoms with van der Waals surface area (Å²) in [5.74, 6) is 1.68. The predicted octanol–water partition coefficient (Wildman–Crippen LogP) is 4.91. The van der Waals surface area contributed by atoms with Crippen molar-refractivity contribution in [3.05, 3.63) is 0 Å². The lowest BCUT2D eigenvalue weighted by molar-refractivity contribution is -0.0447. The summed E-state index contributed by atoms with van der Waals surface area (Å²) in [5, 5.41) is 14.2. The van der Waals surface area contributed by atoms with Crippen LogP contribution in [0.4, 0.5) is 0 Å². The minimum Gasteiger partial charge on any atom is -0.393 e. The number of aliphatic hydroxyl groups excluding tert-OH is 1. The first kappa shape index (κ1) is 21.6. The SMILES string of the molecule is CC1CCC(OCC2C(O)CCCC2Cl)CC1NCC1CCCCC1I. The molecule has 0 aromatic heterocycles. The van der Waals surface area contributed by atoms with Gasteiger partial charge in [0, 0.05) is 21.3 Å². The van der Waals surface area contributed by atoms with E-state index in [4.69, 9.17) is 16.3 Å². The zero-order chi connectivity index (χ0) is 18.5. The molecule has 3 fully saturated rings. The van der Waals surface area contributed by atoms with Crippen LogP contribution in [-0.2, 0) is 4.74 Å². The van der Waals surface area contributed by atoms with E-state index in [0.29, 0.717) is 18.8 Å². The van der Waals surface area contributed by atoms with Gasteiger partial charge in [0.15, 0.2) is 0 Å². The van der Waals surface area contributed by atoms with Crippen LogP contribution in [0.3, 0.4) is 0 Å². The third kappa shape index (κ3) is 5.95. The lowest BCUT2D eigenvalue weighted by Crippen LogP contribution is -2.46. The molecule has 3 nitrogen and oxygen atoms in total. The zero-order valence-corrected chi connectivity index (χ0v) is 19.1. The Bertz CT molecular complexity index is 417. The van der Waals surface area contributed by atoms with Crippen molar-refractivity contribution in [2.24, 2.45) is 17.8 Å². The van der Waals surface area contributed by atoms with Gasteiger partial charge in [-0.15, -0.1) is 11.6 Å². The normalized spacial score (nSPS) is 44.8. The second kappa shape index (κ2) is 10.6. The van der Waals surface area contributed by atoms with Crippen molar-refractivity contribution in [3.63, 3.8) is 0 Å². The number of halogens is 2. The third-order valence-electron chi connectivity index (χ3n) is 7.07. The van der Waals surface area contributed by atoms with E-state index in [0.717, 1.165) is 47.9 Å². The Labute approximate surface area is 178 Å². The summed E-state index contributed by atoms with van der Waals surface area (Å²) in [6.07, 6.45) is 12.0. The number of aliphatic hydroxyl groups is 1. The van der Waals surface area contributed by atoms with Gasteiger partial charge in [0.1, 0.15) is 0 Å². The maximum absolute atomic E-state index is 10.2. The molecule has 0 aromatic carbocycles. The van der Waals surface area contributed by atoms with E-state index in [1.807, 2.05) is 0 Å². The highest BCUT2D eigenvalue weighted by Crippen LogP contribution is 2.33. The van der Waals surface area contributed by atoms with Crippen molar-refractivity contribution in [1.29, 1.82) is 0 Å². The van der Waals surface area contributed by atoms with Gasteiger partial charge in [-0.05, 0) is 69.7 Å². The van der Waals surface area contributed by atoms with Crippen LogP contribution >= 0.6 is 34.2 Å². The zero-order valence-electron chi connectivity index (χ0n) is 16.2. The summed E-state index contributed by atoms with van der Waals surface area (Å²) in [6.45, 7) is 4.18. The number of ether oxygens (including phenoxy) is 1. The smallest absolute Gasteiger partial charge is 0.0604 e. The average Bonchev–Trinajstić information content (AvgIpc) is 2.62. The summed E-state index contributed by atoms with van der Waals surface area (Å²) in [5.41, 5.74) is 0. The van der Waals surface area contributed by atoms with Crippen LogP contribution in [0.5, 0.6) is 0 Å². The summed E-state index contributed by atoms with van der Waals surface area (Å²) in [4.78, 5) is 0. The first-order valence-electron chi connectivity index (χ1n) is 10.9. The van der Waals surface area contributed by atoms with E-state index >= 15 is 0 Å². The van der Waals surface area contributed by atoms with Crippen LogP contribution in [0.25, 0.3) is 0 Å². The van der Waals surface area contributed by atoms with Gasteiger partial charge in [-0.2, -0.15) is 0 Å². The van der Waals surface area contributed by atoms with Gasteiger partial charge in [-0.1, -0.05) is 42.4 Å². The van der Waals surface area contributed by atoms with Crippen molar-refractivity contribution in [3.8, 4) is 0 Å². The van der Waals surface area contributed by atoms with Crippen LogP contribution in [0.1, 0.15) is 71.1 Å². The molecular weight excluding hydrogens is 461 g/mol. The molecule has 0 saturated heterocycles. The van der Waals surface area contributed by atoms with Crippen molar-refractivity contribution in [1.82, 2.24) is 5.32 Å². The number of alkyl halides is 2. The van der Waals surface area contributed by atoms with Gasteiger partial charge in [0.25, 0.3) is 0 Å². The van der Waals surface area contributed by atoms with Gasteiger partial charge in [-0.3, -0.25) is 0 Å². The Kier molecular flexibility index (Phi) is 8.82. The fraction of sp³-hybridized carbons (Fsp3) is 1.00. The molecule has 3 aliphatic carbocycles. The number of hydrogen-bond acceptors (Lipinski definition) is 3. The second-order valence-electron chi connectivity index (χ2n) is 9.00. The maximum atomic E-state index is 10.2. The molecule has 8 unspecified atom stereocenters. The van der Waals surface area contributed by atoms with Gasteiger partial charge in [0.05, 0.1) is 18.8 Å². The molecule has 8 atom stereocenters. The summed E-state index contributed by atoms with van der Waals surface area (Å²) >= 11 is 9.11. The van der Waals surface area contributed by atoms with Crippen LogP contribution in [0, 0.1) is 17.8 Å². The topological polar surface area (TPSA) is 41.5 Å². The Morgan fingerprint density at radius 1 is 1.08 bits per heavy atom. The van der Waals surface area contributed by atoms with Gasteiger partial charge >= 0.3 is 0 Å². The first-order chi connectivity index (χ1) is 12.5. The molecule has 2 N–H and O–H groups in total. The molecule has 0 aromatic rings. The Morgan fingerprint density at radius 2 is 1.88 bits per heavy atom. The highest BCUT2D eigenvalue weighted by atomic mass is 127. The second-order valence-corrected chi connectivity index (χ2v) is 11.2. The fourth-order valence-corrected chi connectivity index (χ4v) is 6.52.